The molecule has 0 aliphatic heterocycles. The van der Waals surface area contributed by atoms with Crippen molar-refractivity contribution in [3.63, 3.8) is 0 Å². The largest absolute Gasteiger partial charge is 0.462 e. The van der Waals surface area contributed by atoms with Gasteiger partial charge in [0, 0.05) is 19.3 Å². The molecule has 0 saturated carbocycles. The predicted molar refractivity (Wildman–Crippen MR) is 270 cm³/mol. The van der Waals surface area contributed by atoms with E-state index >= 15 is 0 Å². The minimum Gasteiger partial charge on any atom is -0.462 e. The third-order valence-electron chi connectivity index (χ3n) is 10.9. The number of carbonyl (C=O) groups excluding carboxylic acids is 3. The lowest BCUT2D eigenvalue weighted by molar-refractivity contribution is -0.167. The number of unbranched alkanes of at least 4 members (excludes halogenated alkanes) is 21. The molecule has 63 heavy (non-hydrogen) atoms. The minimum absolute atomic E-state index is 0.113. The Kier molecular flexibility index (Phi) is 48.5. The third kappa shape index (κ3) is 49.5. The maximum absolute atomic E-state index is 12.8. The summed E-state index contributed by atoms with van der Waals surface area (Å²) in [6.07, 6.45) is 65.8. The van der Waals surface area contributed by atoms with Crippen molar-refractivity contribution in [2.75, 3.05) is 13.2 Å². The molecule has 0 aromatic heterocycles. The Morgan fingerprint density at radius 1 is 0.317 bits per heavy atom. The van der Waals surface area contributed by atoms with Crippen LogP contribution in [0.25, 0.3) is 0 Å². The number of carbonyl (C=O) groups is 3. The monoisotopic (exact) mass is 877 g/mol. The van der Waals surface area contributed by atoms with Gasteiger partial charge in [-0.3, -0.25) is 14.4 Å². The fourth-order valence-corrected chi connectivity index (χ4v) is 6.92. The second kappa shape index (κ2) is 51.2. The fraction of sp³-hybridized carbons (Fsp3) is 0.702. The number of rotatable bonds is 46. The van der Waals surface area contributed by atoms with Crippen LogP contribution < -0.4 is 0 Å². The molecule has 0 aromatic carbocycles. The zero-order valence-corrected chi connectivity index (χ0v) is 41.1. The first-order valence-corrected chi connectivity index (χ1v) is 26.1. The van der Waals surface area contributed by atoms with Crippen LogP contribution in [0.4, 0.5) is 0 Å². The highest BCUT2D eigenvalue weighted by Crippen LogP contribution is 2.13. The van der Waals surface area contributed by atoms with Gasteiger partial charge >= 0.3 is 17.9 Å². The number of esters is 3. The van der Waals surface area contributed by atoms with Crippen LogP contribution in [0.3, 0.4) is 0 Å². The molecule has 0 radical (unpaired) electrons. The van der Waals surface area contributed by atoms with Gasteiger partial charge in [0.1, 0.15) is 13.2 Å². The lowest BCUT2D eigenvalue weighted by atomic mass is 10.1. The van der Waals surface area contributed by atoms with Gasteiger partial charge < -0.3 is 14.2 Å². The zero-order valence-electron chi connectivity index (χ0n) is 41.1. The molecule has 0 heterocycles. The Morgan fingerprint density at radius 3 is 0.984 bits per heavy atom. The van der Waals surface area contributed by atoms with E-state index < -0.39 is 6.10 Å². The molecule has 0 amide bonds. The summed E-state index contributed by atoms with van der Waals surface area (Å²) in [6.45, 7) is 6.50. The molecule has 6 heteroatoms. The Labute approximate surface area is 388 Å². The molecule has 0 fully saturated rings. The average molecular weight is 877 g/mol. The first kappa shape index (κ1) is 59.6. The van der Waals surface area contributed by atoms with E-state index in [2.05, 4.69) is 106 Å². The van der Waals surface area contributed by atoms with Crippen molar-refractivity contribution in [3.05, 3.63) is 85.1 Å². The molecule has 0 unspecified atom stereocenters. The second-order valence-corrected chi connectivity index (χ2v) is 17.1. The van der Waals surface area contributed by atoms with E-state index in [9.17, 15) is 14.4 Å². The van der Waals surface area contributed by atoms with Crippen LogP contribution in [0.5, 0.6) is 0 Å². The van der Waals surface area contributed by atoms with Crippen molar-refractivity contribution in [1.82, 2.24) is 0 Å². The van der Waals surface area contributed by atoms with Crippen molar-refractivity contribution in [2.24, 2.45) is 0 Å². The fourth-order valence-electron chi connectivity index (χ4n) is 6.92. The molecule has 6 nitrogen and oxygen atoms in total. The summed E-state index contributed by atoms with van der Waals surface area (Å²) in [6, 6.07) is 0. The van der Waals surface area contributed by atoms with Crippen LogP contribution in [0.15, 0.2) is 85.1 Å². The number of hydrogen-bond acceptors (Lipinski definition) is 6. The lowest BCUT2D eigenvalue weighted by Gasteiger charge is -2.18. The van der Waals surface area contributed by atoms with Gasteiger partial charge in [0.2, 0.25) is 0 Å². The van der Waals surface area contributed by atoms with Gasteiger partial charge in [0.15, 0.2) is 6.10 Å². The summed E-state index contributed by atoms with van der Waals surface area (Å²) in [5.41, 5.74) is 0. The van der Waals surface area contributed by atoms with E-state index in [1.54, 1.807) is 0 Å². The van der Waals surface area contributed by atoms with Gasteiger partial charge in [-0.1, -0.05) is 215 Å². The normalized spacial score (nSPS) is 12.7. The highest BCUT2D eigenvalue weighted by molar-refractivity contribution is 5.71. The van der Waals surface area contributed by atoms with E-state index in [0.29, 0.717) is 19.3 Å². The molecule has 1 atom stereocenters. The standard InChI is InChI=1S/C57H96O6/c1-4-7-10-13-16-19-22-24-26-28-30-32-35-38-41-44-47-50-56(59)62-53-54(52-61-55(58)49-46-43-40-37-34-21-18-15-12-9-6-3)63-57(60)51-48-45-42-39-36-33-31-29-27-25-23-20-17-14-11-8-5-2/h16,19,24-27,30-33,38-39,41-42,54H,4-15,17-18,20-23,28-29,34-37,40,43-53H2,1-3H3/b19-16-,26-24-,27-25-,32-30-,33-31-,41-38-,42-39-/t54-/m0/s1. The van der Waals surface area contributed by atoms with Crippen molar-refractivity contribution < 1.29 is 28.6 Å². The van der Waals surface area contributed by atoms with Crippen molar-refractivity contribution in [3.8, 4) is 0 Å². The summed E-state index contributed by atoms with van der Waals surface area (Å²) in [7, 11) is 0. The van der Waals surface area contributed by atoms with Gasteiger partial charge in [-0.05, 0) is 89.9 Å². The van der Waals surface area contributed by atoms with Crippen LogP contribution in [0.2, 0.25) is 0 Å². The molecule has 0 aliphatic carbocycles. The summed E-state index contributed by atoms with van der Waals surface area (Å²) in [5.74, 6) is -1.03. The van der Waals surface area contributed by atoms with E-state index in [1.807, 2.05) is 0 Å². The van der Waals surface area contributed by atoms with Gasteiger partial charge in [0.25, 0.3) is 0 Å². The average Bonchev–Trinajstić information content (AvgIpc) is 3.28. The van der Waals surface area contributed by atoms with E-state index in [-0.39, 0.29) is 44.0 Å². The Hall–Kier alpha value is -3.41. The van der Waals surface area contributed by atoms with Crippen LogP contribution in [-0.2, 0) is 28.6 Å². The molecule has 0 rings (SSSR count). The van der Waals surface area contributed by atoms with Gasteiger partial charge in [-0.25, -0.2) is 0 Å². The summed E-state index contributed by atoms with van der Waals surface area (Å²) in [5, 5.41) is 0. The summed E-state index contributed by atoms with van der Waals surface area (Å²) >= 11 is 0. The maximum Gasteiger partial charge on any atom is 0.306 e. The molecule has 0 aliphatic rings. The molecule has 0 N–H and O–H groups in total. The molecular weight excluding hydrogens is 781 g/mol. The first-order chi connectivity index (χ1) is 31.0. The predicted octanol–water partition coefficient (Wildman–Crippen LogP) is 17.2. The van der Waals surface area contributed by atoms with Crippen LogP contribution in [-0.4, -0.2) is 37.2 Å². The lowest BCUT2D eigenvalue weighted by Crippen LogP contribution is -2.30. The number of hydrogen-bond donors (Lipinski definition) is 0. The highest BCUT2D eigenvalue weighted by Gasteiger charge is 2.19. The van der Waals surface area contributed by atoms with E-state index in [0.717, 1.165) is 64.2 Å². The Balaban J connectivity index is 4.54. The molecule has 0 spiro atoms. The van der Waals surface area contributed by atoms with E-state index in [1.165, 1.54) is 122 Å². The zero-order chi connectivity index (χ0) is 45.8. The van der Waals surface area contributed by atoms with Crippen LogP contribution >= 0.6 is 0 Å². The quantitative estimate of drug-likeness (QED) is 0.0262. The van der Waals surface area contributed by atoms with Crippen molar-refractivity contribution >= 4 is 17.9 Å². The third-order valence-corrected chi connectivity index (χ3v) is 10.9. The molecule has 360 valence electrons. The Bertz CT molecular complexity index is 1240. The minimum atomic E-state index is -0.822. The summed E-state index contributed by atoms with van der Waals surface area (Å²) < 4.78 is 16.7. The van der Waals surface area contributed by atoms with Gasteiger partial charge in [-0.15, -0.1) is 0 Å². The maximum atomic E-state index is 12.8. The second-order valence-electron chi connectivity index (χ2n) is 17.1. The van der Waals surface area contributed by atoms with Gasteiger partial charge in [-0.2, -0.15) is 0 Å². The topological polar surface area (TPSA) is 78.9 Å². The van der Waals surface area contributed by atoms with Gasteiger partial charge in [0.05, 0.1) is 0 Å². The molecule has 0 aromatic rings. The SMILES string of the molecule is CCCCC/C=C\C/C=C\C/C=C\C/C=C\CCCC(=O)OC[C@H](COC(=O)CCCCCCCCCCCCC)OC(=O)CCC/C=C\C/C=C\C/C=C\CCCCCCCC. The summed E-state index contributed by atoms with van der Waals surface area (Å²) in [4.78, 5) is 37.9. The van der Waals surface area contributed by atoms with Crippen molar-refractivity contribution in [2.45, 2.75) is 245 Å². The van der Waals surface area contributed by atoms with E-state index in [4.69, 9.17) is 14.2 Å². The van der Waals surface area contributed by atoms with Crippen molar-refractivity contribution in [1.29, 1.82) is 0 Å². The highest BCUT2D eigenvalue weighted by atomic mass is 16.6. The smallest absolute Gasteiger partial charge is 0.306 e. The molecular formula is C57H96O6. The Morgan fingerprint density at radius 2 is 0.587 bits per heavy atom. The number of allylic oxidation sites excluding steroid dienone is 14. The molecule has 0 bridgehead atoms. The number of ether oxygens (including phenoxy) is 3. The first-order valence-electron chi connectivity index (χ1n) is 26.1. The van der Waals surface area contributed by atoms with Crippen LogP contribution in [0, 0.1) is 0 Å². The van der Waals surface area contributed by atoms with Crippen LogP contribution in [0.1, 0.15) is 239 Å². The molecule has 0 saturated heterocycles.